The normalized spacial score (nSPS) is 13.0. The average molecular weight is 246 g/mol. The van der Waals surface area contributed by atoms with Crippen LogP contribution in [0.25, 0.3) is 16.2 Å². The van der Waals surface area contributed by atoms with E-state index < -0.39 is 0 Å². The van der Waals surface area contributed by atoms with Crippen molar-refractivity contribution in [3.05, 3.63) is 52.7 Å². The van der Waals surface area contributed by atoms with Gasteiger partial charge in [-0.05, 0) is 47.7 Å². The van der Waals surface area contributed by atoms with E-state index >= 15 is 0 Å². The zero-order valence-electron chi connectivity index (χ0n) is 9.16. The molecule has 1 aliphatic rings. The van der Waals surface area contributed by atoms with E-state index in [0.717, 1.165) is 33.7 Å². The number of thiophene rings is 1. The second kappa shape index (κ2) is 3.70. The SMILES string of the molecule is C=C(O)c1cc2c(s1)-c1ccc(F)cc1CC2. The van der Waals surface area contributed by atoms with Crippen molar-refractivity contribution in [2.75, 3.05) is 0 Å². The lowest BCUT2D eigenvalue weighted by atomic mass is 9.91. The lowest BCUT2D eigenvalue weighted by Gasteiger charge is -2.15. The molecule has 0 bridgehead atoms. The molecule has 0 spiro atoms. The van der Waals surface area contributed by atoms with Gasteiger partial charge in [-0.25, -0.2) is 4.39 Å². The summed E-state index contributed by atoms with van der Waals surface area (Å²) < 4.78 is 13.2. The molecule has 0 saturated carbocycles. The van der Waals surface area contributed by atoms with Crippen LogP contribution in [-0.4, -0.2) is 5.11 Å². The first-order valence-electron chi connectivity index (χ1n) is 5.45. The Morgan fingerprint density at radius 2 is 2.00 bits per heavy atom. The van der Waals surface area contributed by atoms with Gasteiger partial charge in [0.25, 0.3) is 0 Å². The Balaban J connectivity index is 2.19. The van der Waals surface area contributed by atoms with Crippen molar-refractivity contribution in [2.24, 2.45) is 0 Å². The van der Waals surface area contributed by atoms with Gasteiger partial charge in [-0.2, -0.15) is 0 Å². The first kappa shape index (κ1) is 10.5. The van der Waals surface area contributed by atoms with Gasteiger partial charge in [-0.1, -0.05) is 12.6 Å². The van der Waals surface area contributed by atoms with Crippen LogP contribution in [-0.2, 0) is 12.8 Å². The van der Waals surface area contributed by atoms with Gasteiger partial charge < -0.3 is 5.11 Å². The highest BCUT2D eigenvalue weighted by molar-refractivity contribution is 7.16. The zero-order chi connectivity index (χ0) is 12.0. The highest BCUT2D eigenvalue weighted by atomic mass is 32.1. The summed E-state index contributed by atoms with van der Waals surface area (Å²) in [7, 11) is 0. The molecule has 0 amide bonds. The van der Waals surface area contributed by atoms with Crippen molar-refractivity contribution >= 4 is 17.1 Å². The monoisotopic (exact) mass is 246 g/mol. The Morgan fingerprint density at radius 3 is 2.76 bits per heavy atom. The first-order chi connectivity index (χ1) is 8.15. The van der Waals surface area contributed by atoms with Crippen LogP contribution in [0, 0.1) is 5.82 Å². The van der Waals surface area contributed by atoms with Crippen LogP contribution in [0.2, 0.25) is 0 Å². The second-order valence-corrected chi connectivity index (χ2v) is 5.27. The Hall–Kier alpha value is -1.61. The van der Waals surface area contributed by atoms with Crippen molar-refractivity contribution in [3.8, 4) is 10.4 Å². The number of hydrogen-bond acceptors (Lipinski definition) is 2. The van der Waals surface area contributed by atoms with E-state index in [1.54, 1.807) is 6.07 Å². The molecular formula is C14H11FOS. The molecule has 86 valence electrons. The van der Waals surface area contributed by atoms with E-state index in [4.69, 9.17) is 0 Å². The lowest BCUT2D eigenvalue weighted by molar-refractivity contribution is 0.516. The number of aliphatic hydroxyl groups is 1. The maximum Gasteiger partial charge on any atom is 0.125 e. The van der Waals surface area contributed by atoms with E-state index in [1.807, 2.05) is 12.1 Å². The van der Waals surface area contributed by atoms with Crippen molar-refractivity contribution in [1.29, 1.82) is 0 Å². The molecule has 1 N–H and O–H groups in total. The van der Waals surface area contributed by atoms with E-state index in [0.29, 0.717) is 0 Å². The molecule has 1 nitrogen and oxygen atoms in total. The van der Waals surface area contributed by atoms with E-state index in [1.165, 1.54) is 23.0 Å². The molecule has 2 aromatic rings. The molecule has 1 aliphatic carbocycles. The largest absolute Gasteiger partial charge is 0.507 e. The molecular weight excluding hydrogens is 235 g/mol. The molecule has 0 fully saturated rings. The maximum absolute atomic E-state index is 13.2. The van der Waals surface area contributed by atoms with Crippen LogP contribution in [0.4, 0.5) is 4.39 Å². The number of halogens is 1. The summed E-state index contributed by atoms with van der Waals surface area (Å²) in [6, 6.07) is 6.89. The van der Waals surface area contributed by atoms with Gasteiger partial charge in [-0.15, -0.1) is 11.3 Å². The summed E-state index contributed by atoms with van der Waals surface area (Å²) in [5, 5.41) is 9.42. The summed E-state index contributed by atoms with van der Waals surface area (Å²) in [4.78, 5) is 1.93. The third-order valence-electron chi connectivity index (χ3n) is 3.07. The van der Waals surface area contributed by atoms with Gasteiger partial charge in [0.15, 0.2) is 0 Å². The molecule has 0 saturated heterocycles. The second-order valence-electron chi connectivity index (χ2n) is 4.21. The lowest BCUT2D eigenvalue weighted by Crippen LogP contribution is -2.01. The quantitative estimate of drug-likeness (QED) is 0.748. The summed E-state index contributed by atoms with van der Waals surface area (Å²) in [6.45, 7) is 3.54. The van der Waals surface area contributed by atoms with E-state index in [-0.39, 0.29) is 11.6 Å². The minimum atomic E-state index is -0.185. The smallest absolute Gasteiger partial charge is 0.125 e. The third kappa shape index (κ3) is 1.67. The fourth-order valence-electron chi connectivity index (χ4n) is 2.24. The van der Waals surface area contributed by atoms with Gasteiger partial charge in [0, 0.05) is 4.88 Å². The molecule has 3 heteroatoms. The van der Waals surface area contributed by atoms with Gasteiger partial charge in [-0.3, -0.25) is 0 Å². The number of benzene rings is 1. The van der Waals surface area contributed by atoms with Crippen LogP contribution in [0.3, 0.4) is 0 Å². The predicted octanol–water partition coefficient (Wildman–Crippen LogP) is 4.18. The molecule has 0 atom stereocenters. The Morgan fingerprint density at radius 1 is 1.24 bits per heavy atom. The number of hydrogen-bond donors (Lipinski definition) is 1. The minimum Gasteiger partial charge on any atom is -0.507 e. The van der Waals surface area contributed by atoms with Crippen LogP contribution < -0.4 is 0 Å². The van der Waals surface area contributed by atoms with Gasteiger partial charge in [0.05, 0.1) is 4.88 Å². The number of aryl methyl sites for hydroxylation is 2. The van der Waals surface area contributed by atoms with E-state index in [2.05, 4.69) is 6.58 Å². The third-order valence-corrected chi connectivity index (χ3v) is 4.33. The molecule has 1 aromatic heterocycles. The van der Waals surface area contributed by atoms with Crippen LogP contribution in [0.5, 0.6) is 0 Å². The number of rotatable bonds is 1. The molecule has 0 aliphatic heterocycles. The number of aliphatic hydroxyl groups excluding tert-OH is 1. The summed E-state index contributed by atoms with van der Waals surface area (Å²) in [5.41, 5.74) is 3.36. The fourth-order valence-corrected chi connectivity index (χ4v) is 3.38. The van der Waals surface area contributed by atoms with Crippen LogP contribution in [0.15, 0.2) is 30.8 Å². The van der Waals surface area contributed by atoms with Gasteiger partial charge >= 0.3 is 0 Å². The van der Waals surface area contributed by atoms with Crippen LogP contribution in [0.1, 0.15) is 16.0 Å². The number of fused-ring (bicyclic) bond motifs is 3. The summed E-state index contributed by atoms with van der Waals surface area (Å²) in [6.07, 6.45) is 1.75. The molecule has 17 heavy (non-hydrogen) atoms. The highest BCUT2D eigenvalue weighted by Gasteiger charge is 2.20. The van der Waals surface area contributed by atoms with Crippen molar-refractivity contribution in [2.45, 2.75) is 12.8 Å². The summed E-state index contributed by atoms with van der Waals surface area (Å²) >= 11 is 1.52. The first-order valence-corrected chi connectivity index (χ1v) is 6.26. The molecule has 0 radical (unpaired) electrons. The maximum atomic E-state index is 13.2. The Labute approximate surface area is 103 Å². The van der Waals surface area contributed by atoms with Crippen molar-refractivity contribution in [3.63, 3.8) is 0 Å². The van der Waals surface area contributed by atoms with Crippen LogP contribution >= 0.6 is 11.3 Å². The molecule has 3 rings (SSSR count). The minimum absolute atomic E-state index is 0.105. The molecule has 1 aromatic carbocycles. The summed E-state index contributed by atoms with van der Waals surface area (Å²) in [5.74, 6) is -0.0800. The topological polar surface area (TPSA) is 20.2 Å². The average Bonchev–Trinajstić information content (AvgIpc) is 2.72. The van der Waals surface area contributed by atoms with E-state index in [9.17, 15) is 9.50 Å². The fraction of sp³-hybridized carbons (Fsp3) is 0.143. The van der Waals surface area contributed by atoms with Gasteiger partial charge in [0.2, 0.25) is 0 Å². The molecule has 1 heterocycles. The standard InChI is InChI=1S/C14H11FOS/c1-8(16)13-7-10-3-2-9-6-11(15)4-5-12(9)14(10)17-13/h4-7,16H,1-3H2. The van der Waals surface area contributed by atoms with Gasteiger partial charge in [0.1, 0.15) is 11.6 Å². The van der Waals surface area contributed by atoms with Crippen molar-refractivity contribution < 1.29 is 9.50 Å². The highest BCUT2D eigenvalue weighted by Crippen LogP contribution is 2.41. The Kier molecular flexibility index (Phi) is 2.30. The van der Waals surface area contributed by atoms with Crippen molar-refractivity contribution in [1.82, 2.24) is 0 Å². The predicted molar refractivity (Wildman–Crippen MR) is 68.8 cm³/mol. The molecule has 0 unspecified atom stereocenters. The zero-order valence-corrected chi connectivity index (χ0v) is 9.98. The Bertz CT molecular complexity index is 613.